The van der Waals surface area contributed by atoms with Crippen molar-refractivity contribution in [1.29, 1.82) is 0 Å². The Hall–Kier alpha value is -2.68. The van der Waals surface area contributed by atoms with Gasteiger partial charge < -0.3 is 8.83 Å². The highest BCUT2D eigenvalue weighted by Gasteiger charge is 2.27. The molecule has 0 spiro atoms. The Labute approximate surface area is 149 Å². The molecule has 3 aromatic rings. The molecule has 0 saturated heterocycles. The lowest BCUT2D eigenvalue weighted by atomic mass is 9.85. The summed E-state index contributed by atoms with van der Waals surface area (Å²) in [4.78, 5) is 0. The molecule has 0 unspecified atom stereocenters. The van der Waals surface area contributed by atoms with Crippen molar-refractivity contribution in [3.05, 3.63) is 47.6 Å². The van der Waals surface area contributed by atoms with Gasteiger partial charge in [0.25, 0.3) is 15.9 Å². The van der Waals surface area contributed by atoms with Gasteiger partial charge in [0.15, 0.2) is 5.76 Å². The Morgan fingerprint density at radius 3 is 2.65 bits per heavy atom. The zero-order valence-corrected chi connectivity index (χ0v) is 14.7. The van der Waals surface area contributed by atoms with E-state index in [9.17, 15) is 12.8 Å². The van der Waals surface area contributed by atoms with E-state index >= 15 is 0 Å². The van der Waals surface area contributed by atoms with Crippen molar-refractivity contribution in [3.8, 4) is 11.7 Å². The van der Waals surface area contributed by atoms with Crippen LogP contribution >= 0.6 is 0 Å². The second-order valence-electron chi connectivity index (χ2n) is 6.26. The Bertz CT molecular complexity index is 1050. The molecule has 1 fully saturated rings. The van der Waals surface area contributed by atoms with Crippen LogP contribution in [-0.2, 0) is 10.0 Å². The molecular weight excluding hydrogens is 361 g/mol. The minimum atomic E-state index is -3.96. The molecule has 0 atom stereocenters. The van der Waals surface area contributed by atoms with Crippen LogP contribution in [0.4, 0.5) is 10.1 Å². The maximum absolute atomic E-state index is 13.3. The summed E-state index contributed by atoms with van der Waals surface area (Å²) in [6, 6.07) is 6.71. The van der Waals surface area contributed by atoms with E-state index in [2.05, 4.69) is 14.9 Å². The van der Waals surface area contributed by atoms with Gasteiger partial charge in [0, 0.05) is 11.6 Å². The van der Waals surface area contributed by atoms with Crippen LogP contribution in [-0.4, -0.2) is 18.6 Å². The van der Waals surface area contributed by atoms with E-state index in [1.807, 2.05) is 0 Å². The summed E-state index contributed by atoms with van der Waals surface area (Å²) in [6.07, 6.45) is 3.17. The van der Waals surface area contributed by atoms with Crippen molar-refractivity contribution < 1.29 is 21.6 Å². The van der Waals surface area contributed by atoms with Gasteiger partial charge >= 0.3 is 0 Å². The van der Waals surface area contributed by atoms with Crippen molar-refractivity contribution in [2.75, 3.05) is 4.72 Å². The number of sulfonamides is 1. The van der Waals surface area contributed by atoms with Crippen molar-refractivity contribution >= 4 is 15.7 Å². The molecular formula is C17H16FN3O4S. The van der Waals surface area contributed by atoms with Crippen LogP contribution < -0.4 is 4.72 Å². The lowest BCUT2D eigenvalue weighted by Gasteiger charge is -2.20. The van der Waals surface area contributed by atoms with Crippen molar-refractivity contribution in [1.82, 2.24) is 10.2 Å². The lowest BCUT2D eigenvalue weighted by molar-refractivity contribution is 0.334. The fraction of sp³-hybridized carbons (Fsp3) is 0.294. The van der Waals surface area contributed by atoms with E-state index in [0.29, 0.717) is 11.5 Å². The van der Waals surface area contributed by atoms with Crippen LogP contribution in [0.1, 0.15) is 36.6 Å². The third-order valence-corrected chi connectivity index (χ3v) is 5.62. The minimum Gasteiger partial charge on any atom is -0.438 e. The van der Waals surface area contributed by atoms with Crippen molar-refractivity contribution in [2.24, 2.45) is 0 Å². The van der Waals surface area contributed by atoms with Crippen molar-refractivity contribution in [3.63, 3.8) is 0 Å². The van der Waals surface area contributed by atoms with Gasteiger partial charge in [-0.05, 0) is 55.7 Å². The summed E-state index contributed by atoms with van der Waals surface area (Å²) in [6.45, 7) is 1.55. The number of furan rings is 1. The molecule has 1 aliphatic carbocycles. The molecule has 2 aromatic heterocycles. The Balaban J connectivity index is 1.56. The first-order chi connectivity index (χ1) is 12.4. The summed E-state index contributed by atoms with van der Waals surface area (Å²) in [5, 5.41) is 7.62. The number of hydrogen-bond acceptors (Lipinski definition) is 6. The third-order valence-electron chi connectivity index (χ3n) is 4.36. The highest BCUT2D eigenvalue weighted by atomic mass is 32.2. The summed E-state index contributed by atoms with van der Waals surface area (Å²) in [5.74, 6) is 0.737. The topological polar surface area (TPSA) is 98.2 Å². The maximum atomic E-state index is 13.3. The average molecular weight is 377 g/mol. The predicted octanol–water partition coefficient (Wildman–Crippen LogP) is 3.85. The summed E-state index contributed by atoms with van der Waals surface area (Å²) in [5.41, 5.74) is 0.576. The second-order valence-corrected chi connectivity index (χ2v) is 7.87. The van der Waals surface area contributed by atoms with Crippen LogP contribution in [0.2, 0.25) is 0 Å². The highest BCUT2D eigenvalue weighted by molar-refractivity contribution is 7.92. The molecule has 26 heavy (non-hydrogen) atoms. The number of rotatable bonds is 5. The van der Waals surface area contributed by atoms with E-state index in [1.165, 1.54) is 30.3 Å². The first-order valence-corrected chi connectivity index (χ1v) is 9.63. The lowest BCUT2D eigenvalue weighted by Crippen LogP contribution is -2.12. The standard InChI is InChI=1S/C17H16FN3O4S/c1-10-9-12(5-6-13(10)18)21-26(22,23)15-8-7-14(24-15)17-20-19-16(25-17)11-3-2-4-11/h5-9,11,21H,2-4H2,1H3. The molecule has 1 saturated carbocycles. The SMILES string of the molecule is Cc1cc(NS(=O)(=O)c2ccc(-c3nnc(C4CCC4)o3)o2)ccc1F. The zero-order chi connectivity index (χ0) is 18.3. The minimum absolute atomic E-state index is 0.144. The van der Waals surface area contributed by atoms with Gasteiger partial charge in [-0.25, -0.2) is 4.39 Å². The number of anilines is 1. The van der Waals surface area contributed by atoms with Crippen LogP contribution in [0.5, 0.6) is 0 Å². The fourth-order valence-electron chi connectivity index (χ4n) is 2.65. The van der Waals surface area contributed by atoms with Crippen LogP contribution in [0.25, 0.3) is 11.7 Å². The van der Waals surface area contributed by atoms with Crippen LogP contribution in [0, 0.1) is 12.7 Å². The first kappa shape index (κ1) is 16.8. The normalized spacial score (nSPS) is 15.0. The molecule has 136 valence electrons. The third kappa shape index (κ3) is 3.10. The molecule has 0 bridgehead atoms. The molecule has 2 heterocycles. The number of aryl methyl sites for hydroxylation is 1. The quantitative estimate of drug-likeness (QED) is 0.725. The van der Waals surface area contributed by atoms with E-state index in [0.717, 1.165) is 19.3 Å². The number of benzene rings is 1. The molecule has 4 rings (SSSR count). The highest BCUT2D eigenvalue weighted by Crippen LogP contribution is 2.36. The van der Waals surface area contributed by atoms with Crippen LogP contribution in [0.3, 0.4) is 0 Å². The molecule has 0 radical (unpaired) electrons. The summed E-state index contributed by atoms with van der Waals surface area (Å²) in [7, 11) is -3.96. The smallest absolute Gasteiger partial charge is 0.295 e. The number of halogens is 1. The largest absolute Gasteiger partial charge is 0.438 e. The van der Waals surface area contributed by atoms with E-state index in [-0.39, 0.29) is 28.3 Å². The number of nitrogens with zero attached hydrogens (tertiary/aromatic N) is 2. The Morgan fingerprint density at radius 1 is 1.15 bits per heavy atom. The van der Waals surface area contributed by atoms with Gasteiger partial charge in [-0.15, -0.1) is 10.2 Å². The molecule has 0 aliphatic heterocycles. The maximum Gasteiger partial charge on any atom is 0.295 e. The fourth-order valence-corrected chi connectivity index (χ4v) is 3.63. The van der Waals surface area contributed by atoms with E-state index < -0.39 is 15.8 Å². The van der Waals surface area contributed by atoms with Crippen LogP contribution in [0.15, 0.2) is 44.3 Å². The zero-order valence-electron chi connectivity index (χ0n) is 13.9. The van der Waals surface area contributed by atoms with Gasteiger partial charge in [0.2, 0.25) is 11.0 Å². The van der Waals surface area contributed by atoms with Gasteiger partial charge in [-0.2, -0.15) is 8.42 Å². The number of nitrogens with one attached hydrogen (secondary N) is 1. The summed E-state index contributed by atoms with van der Waals surface area (Å²) >= 11 is 0. The number of aromatic nitrogens is 2. The monoisotopic (exact) mass is 377 g/mol. The average Bonchev–Trinajstić information content (AvgIpc) is 3.18. The Morgan fingerprint density at radius 2 is 1.96 bits per heavy atom. The molecule has 1 aromatic carbocycles. The number of hydrogen-bond donors (Lipinski definition) is 1. The molecule has 7 nitrogen and oxygen atoms in total. The first-order valence-electron chi connectivity index (χ1n) is 8.15. The van der Waals surface area contributed by atoms with Gasteiger partial charge in [-0.3, -0.25) is 4.72 Å². The van der Waals surface area contributed by atoms with Gasteiger partial charge in [-0.1, -0.05) is 6.42 Å². The van der Waals surface area contributed by atoms with E-state index in [4.69, 9.17) is 8.83 Å². The molecule has 0 amide bonds. The molecule has 1 N–H and O–H groups in total. The van der Waals surface area contributed by atoms with Gasteiger partial charge in [0.05, 0.1) is 0 Å². The molecule has 1 aliphatic rings. The predicted molar refractivity (Wildman–Crippen MR) is 90.5 cm³/mol. The second kappa shape index (κ2) is 6.24. The molecule has 9 heteroatoms. The van der Waals surface area contributed by atoms with E-state index in [1.54, 1.807) is 6.92 Å². The van der Waals surface area contributed by atoms with Gasteiger partial charge in [0.1, 0.15) is 5.82 Å². The Kier molecular flexibility index (Phi) is 4.03. The summed E-state index contributed by atoms with van der Waals surface area (Å²) < 4.78 is 51.5. The van der Waals surface area contributed by atoms with Crippen molar-refractivity contribution in [2.45, 2.75) is 37.2 Å².